The molecule has 0 bridgehead atoms. The first kappa shape index (κ1) is 26.8. The van der Waals surface area contributed by atoms with E-state index < -0.39 is 11.8 Å². The summed E-state index contributed by atoms with van der Waals surface area (Å²) in [4.78, 5) is 14.8. The van der Waals surface area contributed by atoms with Gasteiger partial charge in [-0.2, -0.15) is 9.97 Å². The Balaban J connectivity index is 1.34. The minimum absolute atomic E-state index is 0.0986. The van der Waals surface area contributed by atoms with E-state index in [0.717, 1.165) is 58.3 Å². The molecular formula is C31H34F2N4O3S. The van der Waals surface area contributed by atoms with Gasteiger partial charge in [-0.15, -0.1) is 11.3 Å². The van der Waals surface area contributed by atoms with Crippen LogP contribution in [-0.4, -0.2) is 75.2 Å². The quantitative estimate of drug-likeness (QED) is 0.301. The zero-order valence-corrected chi connectivity index (χ0v) is 24.1. The maximum Gasteiger partial charge on any atom is 0.319 e. The number of aryl methyl sites for hydroxylation is 1. The third-order valence-corrected chi connectivity index (χ3v) is 10.3. The van der Waals surface area contributed by atoms with E-state index >= 15 is 0 Å². The van der Waals surface area contributed by atoms with Crippen molar-refractivity contribution in [2.45, 2.75) is 63.3 Å². The van der Waals surface area contributed by atoms with Crippen LogP contribution in [0.5, 0.6) is 11.8 Å². The Morgan fingerprint density at radius 2 is 1.98 bits per heavy atom. The number of aromatic hydroxyl groups is 1. The molecule has 3 saturated heterocycles. The molecule has 2 aromatic carbocycles. The van der Waals surface area contributed by atoms with Crippen molar-refractivity contribution in [1.82, 2.24) is 14.9 Å². The van der Waals surface area contributed by atoms with E-state index in [9.17, 15) is 19.0 Å². The van der Waals surface area contributed by atoms with Crippen molar-refractivity contribution >= 4 is 38.1 Å². The molecule has 41 heavy (non-hydrogen) atoms. The number of alkyl halides is 1. The fourth-order valence-electron chi connectivity index (χ4n) is 7.15. The Labute approximate surface area is 241 Å². The number of β-amino-alcohol motifs (C(OH)–C–C–N with tert-alkyl or cyclic N) is 1. The van der Waals surface area contributed by atoms with Crippen LogP contribution in [0.4, 0.5) is 14.6 Å². The summed E-state index contributed by atoms with van der Waals surface area (Å²) >= 11 is 1.48. The van der Waals surface area contributed by atoms with Gasteiger partial charge in [0.15, 0.2) is 5.82 Å². The van der Waals surface area contributed by atoms with Crippen LogP contribution in [0.1, 0.15) is 44.6 Å². The highest BCUT2D eigenvalue weighted by Crippen LogP contribution is 2.44. The summed E-state index contributed by atoms with van der Waals surface area (Å²) in [5, 5.41) is 22.9. The van der Waals surface area contributed by atoms with Crippen LogP contribution in [0.25, 0.3) is 31.4 Å². The second-order valence-corrected chi connectivity index (χ2v) is 13.4. The first-order valence-electron chi connectivity index (χ1n) is 14.3. The number of piperidine rings is 1. The number of ether oxygens (including phenoxy) is 1. The number of aromatic nitrogens is 2. The molecule has 3 aliphatic heterocycles. The number of hydrogen-bond acceptors (Lipinski definition) is 8. The summed E-state index contributed by atoms with van der Waals surface area (Å²) in [6.07, 6.45) is 3.05. The summed E-state index contributed by atoms with van der Waals surface area (Å²) in [6, 6.07) is 8.57. The number of fused-ring (bicyclic) bond motifs is 3. The van der Waals surface area contributed by atoms with E-state index in [4.69, 9.17) is 14.7 Å². The number of benzene rings is 2. The van der Waals surface area contributed by atoms with Crippen LogP contribution >= 0.6 is 11.3 Å². The molecule has 0 radical (unpaired) electrons. The maximum absolute atomic E-state index is 14.7. The first-order valence-corrected chi connectivity index (χ1v) is 15.2. The normalized spacial score (nSPS) is 26.8. The zero-order valence-electron chi connectivity index (χ0n) is 23.3. The number of phenolic OH excluding ortho intramolecular Hbond substituents is 1. The molecule has 0 amide bonds. The largest absolute Gasteiger partial charge is 0.508 e. The van der Waals surface area contributed by atoms with Crippen molar-refractivity contribution in [3.63, 3.8) is 0 Å². The van der Waals surface area contributed by atoms with E-state index in [0.29, 0.717) is 49.4 Å². The van der Waals surface area contributed by atoms with Gasteiger partial charge in [-0.05, 0) is 86.7 Å². The van der Waals surface area contributed by atoms with Crippen LogP contribution in [0.3, 0.4) is 0 Å². The number of aliphatic hydroxyl groups is 1. The Morgan fingerprint density at radius 1 is 1.15 bits per heavy atom. The molecule has 0 aliphatic carbocycles. The third kappa shape index (κ3) is 4.70. The van der Waals surface area contributed by atoms with Gasteiger partial charge in [0.05, 0.1) is 21.4 Å². The van der Waals surface area contributed by atoms with Crippen molar-refractivity contribution in [2.24, 2.45) is 0 Å². The lowest BCUT2D eigenvalue weighted by atomic mass is 9.95. The highest BCUT2D eigenvalue weighted by atomic mass is 32.1. The van der Waals surface area contributed by atoms with Gasteiger partial charge < -0.3 is 19.8 Å². The molecule has 2 aromatic heterocycles. The predicted molar refractivity (Wildman–Crippen MR) is 157 cm³/mol. The zero-order chi connectivity index (χ0) is 28.5. The Hall–Kier alpha value is -3.08. The third-order valence-electron chi connectivity index (χ3n) is 9.10. The first-order chi connectivity index (χ1) is 19.6. The van der Waals surface area contributed by atoms with Gasteiger partial charge in [0, 0.05) is 36.5 Å². The number of hydrogen-bond donors (Lipinski definition) is 2. The molecule has 10 heteroatoms. The topological polar surface area (TPSA) is 82.0 Å². The lowest BCUT2D eigenvalue weighted by Gasteiger charge is -2.37. The lowest BCUT2D eigenvalue weighted by Crippen LogP contribution is -2.46. The number of anilines is 1. The van der Waals surface area contributed by atoms with E-state index in [-0.39, 0.29) is 23.1 Å². The van der Waals surface area contributed by atoms with E-state index in [1.54, 1.807) is 25.1 Å². The van der Waals surface area contributed by atoms with E-state index in [1.807, 2.05) is 13.0 Å². The van der Waals surface area contributed by atoms with Gasteiger partial charge in [0.2, 0.25) is 0 Å². The fraction of sp³-hybridized carbons (Fsp3) is 0.484. The average Bonchev–Trinajstić information content (AvgIpc) is 3.60. The molecular weight excluding hydrogens is 546 g/mol. The summed E-state index contributed by atoms with van der Waals surface area (Å²) < 4.78 is 36.1. The predicted octanol–water partition coefficient (Wildman–Crippen LogP) is 5.97. The molecule has 3 fully saturated rings. The summed E-state index contributed by atoms with van der Waals surface area (Å²) in [7, 11) is 0. The molecule has 3 aliphatic rings. The second kappa shape index (κ2) is 9.74. The number of rotatable bonds is 5. The van der Waals surface area contributed by atoms with Gasteiger partial charge in [-0.1, -0.05) is 6.07 Å². The van der Waals surface area contributed by atoms with Crippen LogP contribution in [0.2, 0.25) is 0 Å². The second-order valence-electron chi connectivity index (χ2n) is 12.3. The van der Waals surface area contributed by atoms with E-state index in [2.05, 4.69) is 9.80 Å². The van der Waals surface area contributed by atoms with Crippen molar-refractivity contribution in [2.75, 3.05) is 37.7 Å². The highest BCUT2D eigenvalue weighted by molar-refractivity contribution is 7.22. The summed E-state index contributed by atoms with van der Waals surface area (Å²) in [5.41, 5.74) is 0.737. The van der Waals surface area contributed by atoms with Gasteiger partial charge in [0.25, 0.3) is 0 Å². The molecule has 4 aromatic rings. The standard InChI is InChI=1S/C31H34F2N4O3S/c1-18-23(33)6-5-19-11-21(38)12-22(26(18)19)25-13-24-27(41-25)28(36-9-3-7-30(2,39)16-36)35-29(34-24)40-17-31-8-4-10-37(31)15-20(32)14-31/h5-6,11-13,20,38-39H,3-4,7-10,14-17H2,1-2H3/t20-,30-,31+/m1/s1. The maximum atomic E-state index is 14.7. The number of phenols is 1. The molecule has 0 spiro atoms. The Bertz CT molecular complexity index is 1660. The molecule has 3 atom stereocenters. The molecule has 0 unspecified atom stereocenters. The number of nitrogens with zero attached hydrogens (tertiary/aromatic N) is 4. The summed E-state index contributed by atoms with van der Waals surface area (Å²) in [6.45, 7) is 6.39. The van der Waals surface area contributed by atoms with E-state index in [1.165, 1.54) is 17.4 Å². The van der Waals surface area contributed by atoms with Gasteiger partial charge >= 0.3 is 6.01 Å². The van der Waals surface area contributed by atoms with Crippen molar-refractivity contribution in [3.8, 4) is 22.2 Å². The SMILES string of the molecule is Cc1c(F)ccc2cc(O)cc(-c3cc4nc(OC[C@@]56CCCN5C[C@H](F)C6)nc(N5CCC[C@@](C)(O)C5)c4s3)c12. The highest BCUT2D eigenvalue weighted by Gasteiger charge is 2.49. The Kier molecular flexibility index (Phi) is 6.37. The van der Waals surface area contributed by atoms with Crippen LogP contribution in [0, 0.1) is 12.7 Å². The Morgan fingerprint density at radius 3 is 2.80 bits per heavy atom. The average molecular weight is 581 g/mol. The van der Waals surface area contributed by atoms with Gasteiger partial charge in [-0.25, -0.2) is 8.78 Å². The molecule has 2 N–H and O–H groups in total. The number of halogens is 2. The lowest BCUT2D eigenvalue weighted by molar-refractivity contribution is 0.0447. The van der Waals surface area contributed by atoms with Crippen molar-refractivity contribution < 1.29 is 23.7 Å². The van der Waals surface area contributed by atoms with Gasteiger partial charge in [0.1, 0.15) is 24.3 Å². The minimum atomic E-state index is -0.851. The fourth-order valence-corrected chi connectivity index (χ4v) is 8.29. The van der Waals surface area contributed by atoms with Gasteiger partial charge in [-0.3, -0.25) is 4.90 Å². The molecule has 5 heterocycles. The van der Waals surface area contributed by atoms with Crippen LogP contribution in [0.15, 0.2) is 30.3 Å². The smallest absolute Gasteiger partial charge is 0.319 e. The molecule has 0 saturated carbocycles. The molecule has 216 valence electrons. The van der Waals surface area contributed by atoms with Crippen molar-refractivity contribution in [1.29, 1.82) is 0 Å². The van der Waals surface area contributed by atoms with Crippen LogP contribution in [-0.2, 0) is 0 Å². The van der Waals surface area contributed by atoms with Crippen LogP contribution < -0.4 is 9.64 Å². The van der Waals surface area contributed by atoms with Crippen molar-refractivity contribution in [3.05, 3.63) is 41.7 Å². The number of thiophene rings is 1. The monoisotopic (exact) mass is 580 g/mol. The minimum Gasteiger partial charge on any atom is -0.508 e. The summed E-state index contributed by atoms with van der Waals surface area (Å²) in [5.74, 6) is 0.477. The molecule has 7 nitrogen and oxygen atoms in total. The molecule has 7 rings (SSSR count).